The predicted octanol–water partition coefficient (Wildman–Crippen LogP) is 5.52. The Labute approximate surface area is 179 Å². The number of hydrogen-bond acceptors (Lipinski definition) is 4. The van der Waals surface area contributed by atoms with Gasteiger partial charge < -0.3 is 9.64 Å². The summed E-state index contributed by atoms with van der Waals surface area (Å²) in [4.78, 5) is 19.7. The van der Waals surface area contributed by atoms with E-state index in [2.05, 4.69) is 23.7 Å². The molecule has 1 atom stereocenters. The lowest BCUT2D eigenvalue weighted by molar-refractivity contribution is -0.127. The SMILES string of the molecule is C=CC(=O)N1Cc2sc(Cl)cc2[C@@H](c2ccccc2-c2cncc(OCC)c2)C1. The van der Waals surface area contributed by atoms with Crippen LogP contribution < -0.4 is 4.74 Å². The largest absolute Gasteiger partial charge is 0.492 e. The minimum Gasteiger partial charge on any atom is -0.492 e. The van der Waals surface area contributed by atoms with Crippen molar-refractivity contribution in [2.45, 2.75) is 19.4 Å². The van der Waals surface area contributed by atoms with Gasteiger partial charge in [0, 0.05) is 29.1 Å². The Balaban J connectivity index is 1.81. The second kappa shape index (κ2) is 8.39. The van der Waals surface area contributed by atoms with E-state index in [-0.39, 0.29) is 11.8 Å². The van der Waals surface area contributed by atoms with Gasteiger partial charge in [-0.05, 0) is 41.8 Å². The molecular weight excluding hydrogens is 404 g/mol. The Morgan fingerprint density at radius 2 is 2.17 bits per heavy atom. The van der Waals surface area contributed by atoms with Crippen molar-refractivity contribution in [1.29, 1.82) is 0 Å². The van der Waals surface area contributed by atoms with Crippen LogP contribution in [0.1, 0.15) is 28.8 Å². The maximum Gasteiger partial charge on any atom is 0.246 e. The molecule has 0 radical (unpaired) electrons. The zero-order valence-corrected chi connectivity index (χ0v) is 17.7. The number of benzene rings is 1. The third kappa shape index (κ3) is 3.93. The molecule has 3 heterocycles. The van der Waals surface area contributed by atoms with E-state index >= 15 is 0 Å². The van der Waals surface area contributed by atoms with Crippen LogP contribution in [0.2, 0.25) is 4.34 Å². The summed E-state index contributed by atoms with van der Waals surface area (Å²) in [6.07, 6.45) is 4.94. The van der Waals surface area contributed by atoms with Crippen LogP contribution in [-0.4, -0.2) is 28.9 Å². The average Bonchev–Trinajstić information content (AvgIpc) is 3.13. The number of fused-ring (bicyclic) bond motifs is 1. The fourth-order valence-corrected chi connectivity index (χ4v) is 5.18. The summed E-state index contributed by atoms with van der Waals surface area (Å²) in [5.41, 5.74) is 4.39. The average molecular weight is 425 g/mol. The lowest BCUT2D eigenvalue weighted by atomic mass is 9.84. The van der Waals surface area contributed by atoms with Crippen LogP contribution in [0.15, 0.2) is 61.4 Å². The molecule has 0 saturated carbocycles. The third-order valence-corrected chi connectivity index (χ3v) is 6.35. The number of hydrogen-bond donors (Lipinski definition) is 0. The smallest absolute Gasteiger partial charge is 0.246 e. The number of rotatable bonds is 5. The maximum absolute atomic E-state index is 12.4. The first kappa shape index (κ1) is 19.7. The van der Waals surface area contributed by atoms with Crippen molar-refractivity contribution < 1.29 is 9.53 Å². The van der Waals surface area contributed by atoms with Crippen LogP contribution in [-0.2, 0) is 11.3 Å². The second-order valence-electron chi connectivity index (χ2n) is 6.83. The van der Waals surface area contributed by atoms with Gasteiger partial charge in [-0.25, -0.2) is 0 Å². The monoisotopic (exact) mass is 424 g/mol. The van der Waals surface area contributed by atoms with Crippen LogP contribution in [0, 0.1) is 0 Å². The van der Waals surface area contributed by atoms with Gasteiger partial charge in [0.15, 0.2) is 0 Å². The van der Waals surface area contributed by atoms with Crippen molar-refractivity contribution in [3.63, 3.8) is 0 Å². The van der Waals surface area contributed by atoms with Gasteiger partial charge in [0.05, 0.1) is 23.7 Å². The minimum absolute atomic E-state index is 0.0262. The molecule has 4 rings (SSSR count). The fraction of sp³-hybridized carbons (Fsp3) is 0.217. The first-order valence-corrected chi connectivity index (χ1v) is 10.7. The topological polar surface area (TPSA) is 42.4 Å². The molecule has 6 heteroatoms. The molecule has 1 aliphatic rings. The first-order chi connectivity index (χ1) is 14.1. The molecule has 1 amide bonds. The molecule has 0 bridgehead atoms. The van der Waals surface area contributed by atoms with Crippen LogP contribution in [0.25, 0.3) is 11.1 Å². The highest BCUT2D eigenvalue weighted by molar-refractivity contribution is 7.16. The van der Waals surface area contributed by atoms with Gasteiger partial charge in [0.2, 0.25) is 5.91 Å². The highest BCUT2D eigenvalue weighted by Gasteiger charge is 2.31. The number of amides is 1. The molecule has 2 aromatic heterocycles. The van der Waals surface area contributed by atoms with Crippen molar-refractivity contribution >= 4 is 28.8 Å². The van der Waals surface area contributed by atoms with E-state index in [0.29, 0.717) is 19.7 Å². The van der Waals surface area contributed by atoms with E-state index in [0.717, 1.165) is 31.7 Å². The molecule has 4 nitrogen and oxygen atoms in total. The van der Waals surface area contributed by atoms with Gasteiger partial charge in [-0.2, -0.15) is 0 Å². The molecule has 0 aliphatic carbocycles. The highest BCUT2D eigenvalue weighted by atomic mass is 35.5. The number of nitrogens with zero attached hydrogens (tertiary/aromatic N) is 2. The Morgan fingerprint density at radius 3 is 2.97 bits per heavy atom. The van der Waals surface area contributed by atoms with Crippen LogP contribution in [0.5, 0.6) is 5.75 Å². The number of thiophene rings is 1. The van der Waals surface area contributed by atoms with Crippen LogP contribution in [0.4, 0.5) is 0 Å². The quantitative estimate of drug-likeness (QED) is 0.506. The number of pyridine rings is 1. The molecular formula is C23H21ClN2O2S. The van der Waals surface area contributed by atoms with E-state index in [1.807, 2.05) is 42.3 Å². The van der Waals surface area contributed by atoms with E-state index < -0.39 is 0 Å². The Morgan fingerprint density at radius 1 is 1.34 bits per heavy atom. The normalized spacial score (nSPS) is 15.7. The first-order valence-electron chi connectivity index (χ1n) is 9.47. The number of carbonyl (C=O) groups is 1. The lowest BCUT2D eigenvalue weighted by Gasteiger charge is -2.33. The summed E-state index contributed by atoms with van der Waals surface area (Å²) in [5, 5.41) is 0. The summed E-state index contributed by atoms with van der Waals surface area (Å²) in [6.45, 7) is 7.34. The third-order valence-electron chi connectivity index (χ3n) is 5.08. The van der Waals surface area contributed by atoms with Gasteiger partial charge >= 0.3 is 0 Å². The predicted molar refractivity (Wildman–Crippen MR) is 118 cm³/mol. The molecule has 148 valence electrons. The lowest BCUT2D eigenvalue weighted by Crippen LogP contribution is -2.37. The van der Waals surface area contributed by atoms with Crippen molar-refractivity contribution in [2.75, 3.05) is 13.2 Å². The maximum atomic E-state index is 12.4. The van der Waals surface area contributed by atoms with E-state index in [1.165, 1.54) is 23.0 Å². The van der Waals surface area contributed by atoms with Gasteiger partial charge in [-0.1, -0.05) is 42.4 Å². The second-order valence-corrected chi connectivity index (χ2v) is 8.60. The summed E-state index contributed by atoms with van der Waals surface area (Å²) in [5.74, 6) is 0.701. The van der Waals surface area contributed by atoms with E-state index in [4.69, 9.17) is 16.3 Å². The summed E-state index contributed by atoms with van der Waals surface area (Å²) in [7, 11) is 0. The molecule has 0 saturated heterocycles. The van der Waals surface area contributed by atoms with E-state index in [9.17, 15) is 4.79 Å². The Kier molecular flexibility index (Phi) is 5.69. The van der Waals surface area contributed by atoms with Crippen molar-refractivity contribution in [3.05, 3.63) is 81.8 Å². The van der Waals surface area contributed by atoms with Gasteiger partial charge in [-0.3, -0.25) is 9.78 Å². The standard InChI is InChI=1S/C23H21ClN2O2S/c1-3-23(27)26-13-20(19-10-22(24)29-21(19)14-26)18-8-6-5-7-17(18)15-9-16(28-4-2)12-25-11-15/h3,5-12,20H,1,4,13-14H2,2H3/t20-/m1/s1. The molecule has 0 N–H and O–H groups in total. The van der Waals surface area contributed by atoms with Crippen LogP contribution in [0.3, 0.4) is 0 Å². The van der Waals surface area contributed by atoms with Gasteiger partial charge in [0.1, 0.15) is 5.75 Å². The zero-order valence-electron chi connectivity index (χ0n) is 16.1. The molecule has 0 fully saturated rings. The fourth-order valence-electron chi connectivity index (χ4n) is 3.82. The van der Waals surface area contributed by atoms with Gasteiger partial charge in [-0.15, -0.1) is 11.3 Å². The van der Waals surface area contributed by atoms with Crippen molar-refractivity contribution in [1.82, 2.24) is 9.88 Å². The van der Waals surface area contributed by atoms with Crippen molar-refractivity contribution in [2.24, 2.45) is 0 Å². The van der Waals surface area contributed by atoms with E-state index in [1.54, 1.807) is 6.20 Å². The van der Waals surface area contributed by atoms with Gasteiger partial charge in [0.25, 0.3) is 0 Å². The molecule has 0 unspecified atom stereocenters. The Hall–Kier alpha value is -2.63. The highest BCUT2D eigenvalue weighted by Crippen LogP contribution is 2.43. The summed E-state index contributed by atoms with van der Waals surface area (Å²) >= 11 is 7.88. The van der Waals surface area contributed by atoms with Crippen LogP contribution >= 0.6 is 22.9 Å². The minimum atomic E-state index is -0.0670. The molecule has 1 aromatic carbocycles. The zero-order chi connectivity index (χ0) is 20.4. The number of aromatic nitrogens is 1. The molecule has 3 aromatic rings. The summed E-state index contributed by atoms with van der Waals surface area (Å²) < 4.78 is 6.37. The number of ether oxygens (including phenoxy) is 1. The number of halogens is 1. The molecule has 0 spiro atoms. The molecule has 1 aliphatic heterocycles. The molecule has 29 heavy (non-hydrogen) atoms. The summed E-state index contributed by atoms with van der Waals surface area (Å²) in [6, 6.07) is 12.3. The Bertz CT molecular complexity index is 1060. The van der Waals surface area contributed by atoms with Crippen molar-refractivity contribution in [3.8, 4) is 16.9 Å². The number of carbonyl (C=O) groups excluding carboxylic acids is 1.